The summed E-state index contributed by atoms with van der Waals surface area (Å²) in [5, 5.41) is 6.14. The summed E-state index contributed by atoms with van der Waals surface area (Å²) in [7, 11) is 0. The van der Waals surface area contributed by atoms with Crippen molar-refractivity contribution in [3.8, 4) is 11.3 Å². The van der Waals surface area contributed by atoms with Crippen LogP contribution >= 0.6 is 11.3 Å². The number of benzene rings is 2. The monoisotopic (exact) mass is 357 g/mol. The fraction of sp³-hybridized carbons (Fsp3) is 0.111. The van der Waals surface area contributed by atoms with E-state index in [9.17, 15) is 13.6 Å². The molecule has 0 bridgehead atoms. The van der Waals surface area contributed by atoms with Crippen molar-refractivity contribution in [3.05, 3.63) is 53.8 Å². The van der Waals surface area contributed by atoms with Crippen LogP contribution in [-0.4, -0.2) is 15.3 Å². The molecular weight excluding hydrogens is 344 g/mol. The molecule has 0 fully saturated rings. The fourth-order valence-electron chi connectivity index (χ4n) is 2.96. The molecule has 1 N–H and O–H groups in total. The van der Waals surface area contributed by atoms with Gasteiger partial charge < -0.3 is 5.32 Å². The number of imidazole rings is 1. The van der Waals surface area contributed by atoms with Gasteiger partial charge in [0.25, 0.3) is 6.43 Å². The Morgan fingerprint density at radius 1 is 1.24 bits per heavy atom. The van der Waals surface area contributed by atoms with Gasteiger partial charge in [0, 0.05) is 17.9 Å². The van der Waals surface area contributed by atoms with Gasteiger partial charge in [-0.05, 0) is 16.8 Å². The minimum atomic E-state index is -2.57. The van der Waals surface area contributed by atoms with Gasteiger partial charge in [-0.1, -0.05) is 30.3 Å². The van der Waals surface area contributed by atoms with E-state index >= 15 is 0 Å². The molecule has 0 aliphatic heterocycles. The van der Waals surface area contributed by atoms with Crippen molar-refractivity contribution in [2.45, 2.75) is 13.3 Å². The van der Waals surface area contributed by atoms with Crippen LogP contribution in [0.5, 0.6) is 0 Å². The summed E-state index contributed by atoms with van der Waals surface area (Å²) < 4.78 is 27.7. The number of rotatable bonds is 3. The normalized spacial score (nSPS) is 11.5. The molecule has 4 nitrogen and oxygen atoms in total. The highest BCUT2D eigenvalue weighted by Gasteiger charge is 2.21. The second kappa shape index (κ2) is 5.93. The molecule has 0 aliphatic rings. The molecule has 25 heavy (non-hydrogen) atoms. The number of halogens is 2. The lowest BCUT2D eigenvalue weighted by atomic mass is 10.0. The number of hydrogen-bond acceptors (Lipinski definition) is 3. The van der Waals surface area contributed by atoms with E-state index in [0.717, 1.165) is 16.3 Å². The second-order valence-electron chi connectivity index (χ2n) is 5.62. The van der Waals surface area contributed by atoms with Gasteiger partial charge in [0.2, 0.25) is 5.91 Å². The van der Waals surface area contributed by atoms with Crippen LogP contribution in [0.15, 0.2) is 48.1 Å². The van der Waals surface area contributed by atoms with Crippen LogP contribution in [0.1, 0.15) is 19.0 Å². The maximum absolute atomic E-state index is 13.1. The first kappa shape index (κ1) is 15.7. The molecule has 7 heteroatoms. The molecule has 126 valence electrons. The quantitative estimate of drug-likeness (QED) is 0.554. The van der Waals surface area contributed by atoms with Gasteiger partial charge in [-0.2, -0.15) is 0 Å². The average Bonchev–Trinajstić information content (AvgIpc) is 3.16. The number of nitrogens with one attached hydrogen (secondary N) is 1. The molecule has 0 saturated heterocycles. The maximum Gasteiger partial charge on any atom is 0.279 e. The smallest absolute Gasteiger partial charge is 0.279 e. The predicted octanol–water partition coefficient (Wildman–Crippen LogP) is 5.11. The highest BCUT2D eigenvalue weighted by Crippen LogP contribution is 2.39. The molecule has 4 rings (SSSR count). The van der Waals surface area contributed by atoms with E-state index in [1.807, 2.05) is 36.4 Å². The number of thiazole rings is 1. The number of aromatic nitrogens is 2. The van der Waals surface area contributed by atoms with Crippen molar-refractivity contribution in [1.29, 1.82) is 0 Å². The maximum atomic E-state index is 13.1. The van der Waals surface area contributed by atoms with Gasteiger partial charge in [0.15, 0.2) is 0 Å². The lowest BCUT2D eigenvalue weighted by Crippen LogP contribution is -2.07. The van der Waals surface area contributed by atoms with Crippen LogP contribution in [0.4, 0.5) is 14.5 Å². The molecular formula is C18H13F2N3OS. The zero-order chi connectivity index (χ0) is 17.6. The number of anilines is 1. The number of alkyl halides is 2. The molecule has 0 unspecified atom stereocenters. The number of fused-ring (bicyclic) bond motifs is 2. The Balaban J connectivity index is 2.04. The average molecular weight is 357 g/mol. The first-order valence-corrected chi connectivity index (χ1v) is 8.46. The van der Waals surface area contributed by atoms with Gasteiger partial charge >= 0.3 is 0 Å². The van der Waals surface area contributed by atoms with E-state index in [2.05, 4.69) is 10.3 Å². The summed E-state index contributed by atoms with van der Waals surface area (Å²) in [6, 6.07) is 11.4. The van der Waals surface area contributed by atoms with E-state index in [1.54, 1.807) is 0 Å². The lowest BCUT2D eigenvalue weighted by molar-refractivity contribution is -0.114. The Hall–Kier alpha value is -2.80. The zero-order valence-corrected chi connectivity index (χ0v) is 14.0. The molecule has 2 heterocycles. The summed E-state index contributed by atoms with van der Waals surface area (Å²) in [5.41, 5.74) is 1.84. The SMILES string of the molecule is CC(=O)Nc1ccc2ccccc2c1-c1ncn2c(C(F)F)csc12. The standard InChI is InChI=1S/C18H13F2N3OS/c1-10(24)22-13-7-6-11-4-2-3-5-12(11)15(13)16-18-23(9-21-16)14(8-25-18)17(19)20/h2-9,17H,1H3,(H,22,24). The summed E-state index contributed by atoms with van der Waals surface area (Å²) in [4.78, 5) is 16.6. The number of carbonyl (C=O) groups is 1. The Labute approximate surface area is 145 Å². The molecule has 4 aromatic rings. The molecule has 1 amide bonds. The van der Waals surface area contributed by atoms with Crippen molar-refractivity contribution in [3.63, 3.8) is 0 Å². The lowest BCUT2D eigenvalue weighted by Gasteiger charge is -2.12. The van der Waals surface area contributed by atoms with E-state index in [-0.39, 0.29) is 11.6 Å². The number of amides is 1. The van der Waals surface area contributed by atoms with Crippen molar-refractivity contribution in [2.24, 2.45) is 0 Å². The Kier molecular flexibility index (Phi) is 3.73. The third-order valence-corrected chi connectivity index (χ3v) is 4.97. The Morgan fingerprint density at radius 2 is 2.04 bits per heavy atom. The van der Waals surface area contributed by atoms with Crippen LogP contribution in [0, 0.1) is 0 Å². The summed E-state index contributed by atoms with van der Waals surface area (Å²) >= 11 is 1.21. The van der Waals surface area contributed by atoms with Gasteiger partial charge in [0.1, 0.15) is 22.5 Å². The molecule has 0 aliphatic carbocycles. The minimum absolute atomic E-state index is 0.0833. The van der Waals surface area contributed by atoms with Gasteiger partial charge in [-0.25, -0.2) is 13.8 Å². The molecule has 2 aromatic carbocycles. The van der Waals surface area contributed by atoms with E-state index < -0.39 is 6.43 Å². The van der Waals surface area contributed by atoms with Crippen molar-refractivity contribution >= 4 is 38.5 Å². The van der Waals surface area contributed by atoms with Crippen molar-refractivity contribution in [2.75, 3.05) is 5.32 Å². The predicted molar refractivity (Wildman–Crippen MR) is 95.3 cm³/mol. The topological polar surface area (TPSA) is 46.4 Å². The van der Waals surface area contributed by atoms with Crippen LogP contribution in [0.3, 0.4) is 0 Å². The van der Waals surface area contributed by atoms with Crippen molar-refractivity contribution in [1.82, 2.24) is 9.38 Å². The molecule has 0 spiro atoms. The third kappa shape index (κ3) is 2.56. The van der Waals surface area contributed by atoms with Gasteiger partial charge in [0.05, 0.1) is 5.69 Å². The van der Waals surface area contributed by atoms with E-state index in [1.165, 1.54) is 34.4 Å². The fourth-order valence-corrected chi connectivity index (χ4v) is 3.94. The first-order valence-electron chi connectivity index (χ1n) is 7.58. The molecule has 0 radical (unpaired) electrons. The van der Waals surface area contributed by atoms with Crippen molar-refractivity contribution < 1.29 is 13.6 Å². The molecule has 2 aromatic heterocycles. The number of carbonyl (C=O) groups excluding carboxylic acids is 1. The first-order chi connectivity index (χ1) is 12.1. The van der Waals surface area contributed by atoms with Gasteiger partial charge in [-0.15, -0.1) is 11.3 Å². The van der Waals surface area contributed by atoms with Crippen LogP contribution in [0.25, 0.3) is 26.9 Å². The second-order valence-corrected chi connectivity index (χ2v) is 6.48. The van der Waals surface area contributed by atoms with Crippen LogP contribution < -0.4 is 5.32 Å². The Morgan fingerprint density at radius 3 is 2.80 bits per heavy atom. The highest BCUT2D eigenvalue weighted by atomic mass is 32.1. The summed E-state index contributed by atoms with van der Waals surface area (Å²) in [6.45, 7) is 1.43. The number of nitrogens with zero attached hydrogens (tertiary/aromatic N) is 2. The largest absolute Gasteiger partial charge is 0.326 e. The van der Waals surface area contributed by atoms with E-state index in [4.69, 9.17) is 0 Å². The number of hydrogen-bond donors (Lipinski definition) is 1. The molecule has 0 saturated carbocycles. The molecule has 0 atom stereocenters. The van der Waals surface area contributed by atoms with Gasteiger partial charge in [-0.3, -0.25) is 9.20 Å². The van der Waals surface area contributed by atoms with Crippen LogP contribution in [-0.2, 0) is 4.79 Å². The summed E-state index contributed by atoms with van der Waals surface area (Å²) in [6.07, 6.45) is -1.17. The Bertz CT molecular complexity index is 1100. The van der Waals surface area contributed by atoms with E-state index in [0.29, 0.717) is 16.2 Å². The third-order valence-electron chi connectivity index (χ3n) is 3.99. The summed E-state index contributed by atoms with van der Waals surface area (Å²) in [5.74, 6) is -0.202. The zero-order valence-electron chi connectivity index (χ0n) is 13.2. The minimum Gasteiger partial charge on any atom is -0.326 e. The van der Waals surface area contributed by atoms with Crippen LogP contribution in [0.2, 0.25) is 0 Å². The highest BCUT2D eigenvalue weighted by molar-refractivity contribution is 7.16.